The first-order chi connectivity index (χ1) is 15.4. The molecule has 8 heteroatoms. The summed E-state index contributed by atoms with van der Waals surface area (Å²) in [5, 5.41) is 5.69. The maximum absolute atomic E-state index is 13.2. The molecule has 2 heterocycles. The van der Waals surface area contributed by atoms with Crippen molar-refractivity contribution in [1.29, 1.82) is 0 Å². The normalized spacial score (nSPS) is 15.0. The zero-order chi connectivity index (χ0) is 22.9. The summed E-state index contributed by atoms with van der Waals surface area (Å²) in [6, 6.07) is 12.2. The van der Waals surface area contributed by atoms with Crippen LogP contribution in [-0.2, 0) is 9.59 Å². The van der Waals surface area contributed by atoms with E-state index >= 15 is 0 Å². The van der Waals surface area contributed by atoms with E-state index in [1.807, 2.05) is 25.1 Å². The van der Waals surface area contributed by atoms with E-state index in [9.17, 15) is 14.4 Å². The zero-order valence-electron chi connectivity index (χ0n) is 18.5. The molecule has 1 saturated heterocycles. The van der Waals surface area contributed by atoms with Crippen molar-refractivity contribution in [1.82, 2.24) is 20.4 Å². The maximum atomic E-state index is 13.2. The molecule has 0 spiro atoms. The van der Waals surface area contributed by atoms with Gasteiger partial charge in [0.15, 0.2) is 0 Å². The number of carbonyl (C=O) groups excluding carboxylic acids is 3. The lowest BCUT2D eigenvalue weighted by molar-refractivity contribution is -0.132. The molecular formula is C24H30N4O4. The summed E-state index contributed by atoms with van der Waals surface area (Å²) in [7, 11) is 3.92. The van der Waals surface area contributed by atoms with Gasteiger partial charge in [-0.1, -0.05) is 18.2 Å². The minimum absolute atomic E-state index is 0.0303. The molecule has 3 rings (SSSR count). The van der Waals surface area contributed by atoms with E-state index in [0.29, 0.717) is 43.8 Å². The van der Waals surface area contributed by atoms with Crippen molar-refractivity contribution >= 4 is 23.8 Å². The highest BCUT2D eigenvalue weighted by atomic mass is 16.3. The smallest absolute Gasteiger partial charge is 0.270 e. The topological polar surface area (TPSA) is 94.9 Å². The molecule has 1 aromatic carbocycles. The molecule has 2 aromatic rings. The average Bonchev–Trinajstić information content (AvgIpc) is 3.31. The Morgan fingerprint density at radius 3 is 2.44 bits per heavy atom. The third-order valence-electron chi connectivity index (χ3n) is 5.36. The number of nitrogens with zero attached hydrogens (tertiary/aromatic N) is 2. The summed E-state index contributed by atoms with van der Waals surface area (Å²) in [5.74, 6) is -0.277. The van der Waals surface area contributed by atoms with Crippen molar-refractivity contribution in [2.45, 2.75) is 12.8 Å². The van der Waals surface area contributed by atoms with Gasteiger partial charge in [-0.15, -0.1) is 0 Å². The molecule has 8 nitrogen and oxygen atoms in total. The molecule has 3 amide bonds. The fraction of sp³-hybridized carbons (Fsp3) is 0.375. The highest BCUT2D eigenvalue weighted by Gasteiger charge is 2.29. The van der Waals surface area contributed by atoms with Crippen LogP contribution < -0.4 is 10.6 Å². The van der Waals surface area contributed by atoms with E-state index in [-0.39, 0.29) is 29.3 Å². The predicted molar refractivity (Wildman–Crippen MR) is 121 cm³/mol. The number of hydrogen-bond acceptors (Lipinski definition) is 5. The van der Waals surface area contributed by atoms with Crippen molar-refractivity contribution in [2.75, 3.05) is 40.3 Å². The van der Waals surface area contributed by atoms with Gasteiger partial charge in [0.25, 0.3) is 11.8 Å². The first-order valence-corrected chi connectivity index (χ1v) is 10.8. The molecule has 0 bridgehead atoms. The molecule has 32 heavy (non-hydrogen) atoms. The Labute approximate surface area is 188 Å². The summed E-state index contributed by atoms with van der Waals surface area (Å²) >= 11 is 0. The fourth-order valence-electron chi connectivity index (χ4n) is 3.51. The second-order valence-electron chi connectivity index (χ2n) is 8.05. The fourth-order valence-corrected chi connectivity index (χ4v) is 3.51. The van der Waals surface area contributed by atoms with Crippen molar-refractivity contribution in [2.24, 2.45) is 5.92 Å². The molecule has 0 atom stereocenters. The van der Waals surface area contributed by atoms with Gasteiger partial charge in [0.05, 0.1) is 6.26 Å². The first-order valence-electron chi connectivity index (χ1n) is 10.8. The number of hydrogen-bond donors (Lipinski definition) is 2. The lowest BCUT2D eigenvalue weighted by Crippen LogP contribution is -2.46. The molecule has 2 N–H and O–H groups in total. The van der Waals surface area contributed by atoms with Crippen LogP contribution in [0.5, 0.6) is 0 Å². The van der Waals surface area contributed by atoms with Crippen LogP contribution in [0.25, 0.3) is 6.08 Å². The minimum atomic E-state index is -0.369. The summed E-state index contributed by atoms with van der Waals surface area (Å²) < 4.78 is 5.34. The first kappa shape index (κ1) is 23.3. The third kappa shape index (κ3) is 6.55. The lowest BCUT2D eigenvalue weighted by Gasteiger charge is -2.32. The molecule has 1 aliphatic rings. The van der Waals surface area contributed by atoms with Crippen LogP contribution in [0.2, 0.25) is 0 Å². The molecule has 1 aromatic heterocycles. The number of carbonyl (C=O) groups is 3. The standard InChI is InChI=1S/C24H30N4O4/c1-27(2)15-12-25-22(29)19-10-13-28(14-11-19)24(31)21(17-20-9-6-16-32-20)26-23(30)18-7-4-3-5-8-18/h3-9,16-17,19H,10-15H2,1-2H3,(H,25,29)(H,26,30)/b21-17-. The summed E-state index contributed by atoms with van der Waals surface area (Å²) in [6.07, 6.45) is 4.21. The lowest BCUT2D eigenvalue weighted by atomic mass is 9.95. The van der Waals surface area contributed by atoms with E-state index in [2.05, 4.69) is 10.6 Å². The Bertz CT molecular complexity index is 930. The second-order valence-corrected chi connectivity index (χ2v) is 8.05. The van der Waals surface area contributed by atoms with Crippen LogP contribution in [0.3, 0.4) is 0 Å². The van der Waals surface area contributed by atoms with Gasteiger partial charge in [-0.05, 0) is 51.2 Å². The van der Waals surface area contributed by atoms with E-state index < -0.39 is 0 Å². The van der Waals surface area contributed by atoms with Crippen molar-refractivity contribution in [3.05, 3.63) is 65.7 Å². The minimum Gasteiger partial charge on any atom is -0.465 e. The highest BCUT2D eigenvalue weighted by molar-refractivity contribution is 6.05. The largest absolute Gasteiger partial charge is 0.465 e. The van der Waals surface area contributed by atoms with Crippen LogP contribution in [0, 0.1) is 5.92 Å². The SMILES string of the molecule is CN(C)CCNC(=O)C1CCN(C(=O)/C(=C/c2ccco2)NC(=O)c2ccccc2)CC1. The predicted octanol–water partition coefficient (Wildman–Crippen LogP) is 1.97. The van der Waals surface area contributed by atoms with Crippen LogP contribution >= 0.6 is 0 Å². The number of furan rings is 1. The van der Waals surface area contributed by atoms with E-state index in [0.717, 1.165) is 6.54 Å². The number of likely N-dealkylation sites (N-methyl/N-ethyl adjacent to an activating group) is 1. The number of piperidine rings is 1. The molecule has 1 fully saturated rings. The van der Waals surface area contributed by atoms with Crippen LogP contribution in [0.4, 0.5) is 0 Å². The zero-order valence-corrected chi connectivity index (χ0v) is 18.5. The second kappa shape index (κ2) is 11.3. The van der Waals surface area contributed by atoms with Crippen LogP contribution in [0.1, 0.15) is 29.0 Å². The summed E-state index contributed by atoms with van der Waals surface area (Å²) in [4.78, 5) is 41.9. The molecule has 170 valence electrons. The number of amides is 3. The van der Waals surface area contributed by atoms with Crippen LogP contribution in [-0.4, -0.2) is 67.8 Å². The van der Waals surface area contributed by atoms with Crippen LogP contribution in [0.15, 0.2) is 58.8 Å². The Hall–Kier alpha value is -3.39. The molecule has 0 saturated carbocycles. The van der Waals surface area contributed by atoms with E-state index in [1.54, 1.807) is 41.3 Å². The van der Waals surface area contributed by atoms with Crippen molar-refractivity contribution in [3.63, 3.8) is 0 Å². The Morgan fingerprint density at radius 1 is 1.09 bits per heavy atom. The molecule has 0 unspecified atom stereocenters. The van der Waals surface area contributed by atoms with Gasteiger partial charge >= 0.3 is 0 Å². The van der Waals surface area contributed by atoms with E-state index in [1.165, 1.54) is 12.3 Å². The quantitative estimate of drug-likeness (QED) is 0.615. The molecule has 0 aliphatic carbocycles. The summed E-state index contributed by atoms with van der Waals surface area (Å²) in [5.41, 5.74) is 0.599. The Balaban J connectivity index is 1.63. The summed E-state index contributed by atoms with van der Waals surface area (Å²) in [6.45, 7) is 2.28. The average molecular weight is 439 g/mol. The molecule has 1 aliphatic heterocycles. The monoisotopic (exact) mass is 438 g/mol. The number of rotatable bonds is 8. The van der Waals surface area contributed by atoms with Crippen molar-refractivity contribution < 1.29 is 18.8 Å². The van der Waals surface area contributed by atoms with Gasteiger partial charge in [0.2, 0.25) is 5.91 Å². The number of nitrogens with one attached hydrogen (secondary N) is 2. The van der Waals surface area contributed by atoms with E-state index in [4.69, 9.17) is 4.42 Å². The van der Waals surface area contributed by atoms with Crippen molar-refractivity contribution in [3.8, 4) is 0 Å². The van der Waals surface area contributed by atoms with Gasteiger partial charge < -0.3 is 24.9 Å². The van der Waals surface area contributed by atoms with Gasteiger partial charge in [0.1, 0.15) is 11.5 Å². The third-order valence-corrected chi connectivity index (χ3v) is 5.36. The highest BCUT2D eigenvalue weighted by Crippen LogP contribution is 2.19. The maximum Gasteiger partial charge on any atom is 0.270 e. The van der Waals surface area contributed by atoms with Gasteiger partial charge in [0, 0.05) is 43.7 Å². The number of benzene rings is 1. The molecular weight excluding hydrogens is 408 g/mol. The number of likely N-dealkylation sites (tertiary alicyclic amines) is 1. The Morgan fingerprint density at radius 2 is 1.81 bits per heavy atom. The molecule has 0 radical (unpaired) electrons. The van der Waals surface area contributed by atoms with Gasteiger partial charge in [-0.25, -0.2) is 0 Å². The Kier molecular flexibility index (Phi) is 8.21. The van der Waals surface area contributed by atoms with Gasteiger partial charge in [-0.2, -0.15) is 0 Å². The van der Waals surface area contributed by atoms with Gasteiger partial charge in [-0.3, -0.25) is 14.4 Å².